The summed E-state index contributed by atoms with van der Waals surface area (Å²) >= 11 is 0. The molecule has 0 rings (SSSR count). The van der Waals surface area contributed by atoms with Crippen molar-refractivity contribution in [1.82, 2.24) is 0 Å². The second-order valence-corrected chi connectivity index (χ2v) is 3.08. The van der Waals surface area contributed by atoms with E-state index < -0.39 is 6.16 Å². The molecule has 96 valence electrons. The molecule has 0 saturated carbocycles. The Kier molecular flexibility index (Phi) is 10.1. The largest absolute Gasteiger partial charge is 0.508 e. The van der Waals surface area contributed by atoms with Gasteiger partial charge in [-0.25, -0.2) is 4.79 Å². The fraction of sp³-hybridized carbons (Fsp3) is 0.900. The zero-order chi connectivity index (χ0) is 12.2. The van der Waals surface area contributed by atoms with Crippen molar-refractivity contribution in [2.45, 2.75) is 13.0 Å². The molecular formula is C10H20O6. The molecule has 0 saturated heterocycles. The highest BCUT2D eigenvalue weighted by molar-refractivity contribution is 5.59. The van der Waals surface area contributed by atoms with E-state index in [1.807, 2.05) is 0 Å². The zero-order valence-corrected chi connectivity index (χ0v) is 10.1. The fourth-order valence-corrected chi connectivity index (χ4v) is 0.816. The van der Waals surface area contributed by atoms with Gasteiger partial charge in [-0.3, -0.25) is 0 Å². The van der Waals surface area contributed by atoms with E-state index in [9.17, 15) is 4.79 Å². The van der Waals surface area contributed by atoms with Crippen molar-refractivity contribution < 1.29 is 28.5 Å². The Morgan fingerprint density at radius 1 is 1.00 bits per heavy atom. The van der Waals surface area contributed by atoms with Gasteiger partial charge in [0.15, 0.2) is 0 Å². The predicted octanol–water partition coefficient (Wildman–Crippen LogP) is 0.838. The van der Waals surface area contributed by atoms with Gasteiger partial charge in [0.05, 0.1) is 25.9 Å². The van der Waals surface area contributed by atoms with Crippen molar-refractivity contribution in [3.63, 3.8) is 0 Å². The minimum absolute atomic E-state index is 0.162. The molecule has 0 aromatic rings. The average Bonchev–Trinajstić information content (AvgIpc) is 2.27. The van der Waals surface area contributed by atoms with E-state index in [0.29, 0.717) is 19.8 Å². The lowest BCUT2D eigenvalue weighted by Crippen LogP contribution is -2.21. The lowest BCUT2D eigenvalue weighted by molar-refractivity contribution is -0.0256. The van der Waals surface area contributed by atoms with Gasteiger partial charge < -0.3 is 23.7 Å². The maximum atomic E-state index is 11.0. The Labute approximate surface area is 95.8 Å². The van der Waals surface area contributed by atoms with Crippen LogP contribution >= 0.6 is 0 Å². The van der Waals surface area contributed by atoms with Gasteiger partial charge in [-0.15, -0.1) is 0 Å². The van der Waals surface area contributed by atoms with E-state index in [1.165, 1.54) is 7.11 Å². The summed E-state index contributed by atoms with van der Waals surface area (Å²) in [5.41, 5.74) is 0. The lowest BCUT2D eigenvalue weighted by Gasteiger charge is -2.12. The summed E-state index contributed by atoms with van der Waals surface area (Å²) in [4.78, 5) is 11.0. The third-order valence-corrected chi connectivity index (χ3v) is 1.63. The molecule has 0 aliphatic rings. The first-order valence-electron chi connectivity index (χ1n) is 5.09. The Morgan fingerprint density at radius 3 is 2.25 bits per heavy atom. The highest BCUT2D eigenvalue weighted by atomic mass is 16.7. The second kappa shape index (κ2) is 10.7. The van der Waals surface area contributed by atoms with Crippen LogP contribution in [0.1, 0.15) is 6.92 Å². The van der Waals surface area contributed by atoms with Crippen molar-refractivity contribution in [2.75, 3.05) is 47.3 Å². The highest BCUT2D eigenvalue weighted by Crippen LogP contribution is 1.94. The van der Waals surface area contributed by atoms with Crippen LogP contribution in [0.2, 0.25) is 0 Å². The van der Waals surface area contributed by atoms with Crippen LogP contribution in [0, 0.1) is 0 Å². The molecule has 0 N–H and O–H groups in total. The summed E-state index contributed by atoms with van der Waals surface area (Å²) in [6.45, 7) is 3.50. The molecule has 16 heavy (non-hydrogen) atoms. The third-order valence-electron chi connectivity index (χ3n) is 1.63. The van der Waals surface area contributed by atoms with Crippen molar-refractivity contribution in [1.29, 1.82) is 0 Å². The van der Waals surface area contributed by atoms with Crippen molar-refractivity contribution in [3.8, 4) is 0 Å². The normalized spacial score (nSPS) is 12.2. The SMILES string of the molecule is COCCOC(=O)OCC(C)OCCOC. The van der Waals surface area contributed by atoms with Gasteiger partial charge in [0.1, 0.15) is 13.2 Å². The van der Waals surface area contributed by atoms with E-state index in [-0.39, 0.29) is 19.3 Å². The average molecular weight is 236 g/mol. The molecule has 0 bridgehead atoms. The molecular weight excluding hydrogens is 216 g/mol. The van der Waals surface area contributed by atoms with Gasteiger partial charge >= 0.3 is 6.16 Å². The number of rotatable bonds is 9. The number of methoxy groups -OCH3 is 2. The monoisotopic (exact) mass is 236 g/mol. The molecule has 0 heterocycles. The van der Waals surface area contributed by atoms with E-state index in [2.05, 4.69) is 0 Å². The maximum Gasteiger partial charge on any atom is 0.508 e. The number of hydrogen-bond acceptors (Lipinski definition) is 6. The van der Waals surface area contributed by atoms with Gasteiger partial charge in [0.2, 0.25) is 0 Å². The van der Waals surface area contributed by atoms with Crippen LogP contribution in [0.3, 0.4) is 0 Å². The molecule has 0 aliphatic heterocycles. The molecule has 1 atom stereocenters. The number of hydrogen-bond donors (Lipinski definition) is 0. The topological polar surface area (TPSA) is 63.2 Å². The van der Waals surface area contributed by atoms with Crippen LogP contribution in [0.5, 0.6) is 0 Å². The first kappa shape index (κ1) is 15.2. The van der Waals surface area contributed by atoms with E-state index >= 15 is 0 Å². The van der Waals surface area contributed by atoms with Gasteiger partial charge in [0.25, 0.3) is 0 Å². The number of carbonyl (C=O) groups is 1. The molecule has 0 aromatic heterocycles. The minimum Gasteiger partial charge on any atom is -0.432 e. The highest BCUT2D eigenvalue weighted by Gasteiger charge is 2.08. The Hall–Kier alpha value is -0.850. The Bertz CT molecular complexity index is 173. The second-order valence-electron chi connectivity index (χ2n) is 3.08. The molecule has 6 nitrogen and oxygen atoms in total. The molecule has 0 spiro atoms. The van der Waals surface area contributed by atoms with Crippen molar-refractivity contribution in [3.05, 3.63) is 0 Å². The zero-order valence-electron chi connectivity index (χ0n) is 10.1. The number of carbonyl (C=O) groups excluding carboxylic acids is 1. The summed E-state index contributed by atoms with van der Waals surface area (Å²) < 4.78 is 24.3. The van der Waals surface area contributed by atoms with Gasteiger partial charge in [0, 0.05) is 14.2 Å². The fourth-order valence-electron chi connectivity index (χ4n) is 0.816. The van der Waals surface area contributed by atoms with Crippen LogP contribution < -0.4 is 0 Å². The minimum atomic E-state index is -0.709. The van der Waals surface area contributed by atoms with Crippen LogP contribution in [-0.2, 0) is 23.7 Å². The van der Waals surface area contributed by atoms with Gasteiger partial charge in [-0.1, -0.05) is 0 Å². The molecule has 0 aromatic carbocycles. The van der Waals surface area contributed by atoms with E-state index in [1.54, 1.807) is 14.0 Å². The van der Waals surface area contributed by atoms with Crippen LogP contribution in [0.25, 0.3) is 0 Å². The summed E-state index contributed by atoms with van der Waals surface area (Å²) in [6.07, 6.45) is -0.885. The van der Waals surface area contributed by atoms with Gasteiger partial charge in [-0.2, -0.15) is 0 Å². The quantitative estimate of drug-likeness (QED) is 0.436. The van der Waals surface area contributed by atoms with E-state index in [0.717, 1.165) is 0 Å². The molecule has 0 amide bonds. The van der Waals surface area contributed by atoms with E-state index in [4.69, 9.17) is 23.7 Å². The van der Waals surface area contributed by atoms with Crippen LogP contribution in [0.4, 0.5) is 4.79 Å². The molecule has 1 unspecified atom stereocenters. The van der Waals surface area contributed by atoms with Crippen molar-refractivity contribution in [2.24, 2.45) is 0 Å². The Balaban J connectivity index is 3.36. The molecule has 0 radical (unpaired) electrons. The first-order chi connectivity index (χ1) is 7.70. The molecule has 0 aliphatic carbocycles. The summed E-state index contributed by atoms with van der Waals surface area (Å²) in [6, 6.07) is 0. The predicted molar refractivity (Wildman–Crippen MR) is 56.5 cm³/mol. The standard InChI is InChI=1S/C10H20O6/c1-9(14-6-4-12-2)8-16-10(11)15-7-5-13-3/h9H,4-8H2,1-3H3. The lowest BCUT2D eigenvalue weighted by atomic mass is 10.4. The molecule has 0 fully saturated rings. The third kappa shape index (κ3) is 9.70. The summed E-state index contributed by atoms with van der Waals surface area (Å²) in [5.74, 6) is 0. The van der Waals surface area contributed by atoms with Gasteiger partial charge in [-0.05, 0) is 6.92 Å². The van der Waals surface area contributed by atoms with Crippen LogP contribution in [-0.4, -0.2) is 59.5 Å². The van der Waals surface area contributed by atoms with Crippen LogP contribution in [0.15, 0.2) is 0 Å². The maximum absolute atomic E-state index is 11.0. The Morgan fingerprint density at radius 2 is 1.62 bits per heavy atom. The molecule has 6 heteroatoms. The van der Waals surface area contributed by atoms with Crippen molar-refractivity contribution >= 4 is 6.16 Å². The summed E-state index contributed by atoms with van der Waals surface area (Å²) in [7, 11) is 3.12. The summed E-state index contributed by atoms with van der Waals surface area (Å²) in [5, 5.41) is 0. The number of ether oxygens (including phenoxy) is 5. The smallest absolute Gasteiger partial charge is 0.432 e. The first-order valence-corrected chi connectivity index (χ1v) is 5.09.